The monoisotopic (exact) mass is 326 g/mol. The van der Waals surface area contributed by atoms with Crippen molar-refractivity contribution in [3.63, 3.8) is 0 Å². The Bertz CT molecular complexity index is 703. The van der Waals surface area contributed by atoms with Crippen LogP contribution in [-0.2, 0) is 13.0 Å². The number of rotatable bonds is 4. The van der Waals surface area contributed by atoms with Crippen molar-refractivity contribution in [3.05, 3.63) is 46.8 Å². The van der Waals surface area contributed by atoms with E-state index in [1.807, 2.05) is 12.1 Å². The molecule has 0 spiro atoms. The predicted octanol–water partition coefficient (Wildman–Crippen LogP) is 2.65. The summed E-state index contributed by atoms with van der Waals surface area (Å²) in [5.74, 6) is 0.804. The Morgan fingerprint density at radius 1 is 1.25 bits per heavy atom. The zero-order valence-electron chi connectivity index (χ0n) is 14.5. The molecule has 1 fully saturated rings. The molecular weight excluding hydrogens is 300 g/mol. The van der Waals surface area contributed by atoms with E-state index < -0.39 is 6.10 Å². The number of hydrogen-bond acceptors (Lipinski definition) is 4. The summed E-state index contributed by atoms with van der Waals surface area (Å²) >= 11 is 0. The number of hydrogen-bond donors (Lipinski definition) is 1. The number of fused-ring (bicyclic) bond motifs is 1. The fraction of sp³-hybridized carbons (Fsp3) is 0.579. The van der Waals surface area contributed by atoms with Gasteiger partial charge < -0.3 is 5.11 Å². The molecule has 1 N–H and O–H groups in total. The highest BCUT2D eigenvalue weighted by Gasteiger charge is 2.32. The van der Waals surface area contributed by atoms with Gasteiger partial charge in [-0.2, -0.15) is 0 Å². The normalized spacial score (nSPS) is 25.1. The van der Waals surface area contributed by atoms with Crippen LogP contribution in [0.5, 0.6) is 0 Å². The summed E-state index contributed by atoms with van der Waals surface area (Å²) in [6.45, 7) is 6.81. The fourth-order valence-electron chi connectivity index (χ4n) is 3.91. The molecular formula is C19H26N4O. The van der Waals surface area contributed by atoms with Gasteiger partial charge in [-0.05, 0) is 31.2 Å². The first-order chi connectivity index (χ1) is 11.6. The third-order valence-corrected chi connectivity index (χ3v) is 5.50. The molecule has 1 aliphatic carbocycles. The van der Waals surface area contributed by atoms with E-state index in [4.69, 9.17) is 0 Å². The highest BCUT2D eigenvalue weighted by molar-refractivity contribution is 5.23. The SMILES string of the molecule is Cc1ccc(C(O)CN2CCc3nnn(C4CC(C)C4)c3C2)cc1. The minimum absolute atomic E-state index is 0.444. The molecule has 0 bridgehead atoms. The van der Waals surface area contributed by atoms with E-state index in [2.05, 4.69) is 45.9 Å². The van der Waals surface area contributed by atoms with Crippen molar-refractivity contribution in [1.82, 2.24) is 19.9 Å². The zero-order chi connectivity index (χ0) is 16.7. The van der Waals surface area contributed by atoms with Gasteiger partial charge >= 0.3 is 0 Å². The van der Waals surface area contributed by atoms with E-state index in [1.165, 1.54) is 24.1 Å². The lowest BCUT2D eigenvalue weighted by molar-refractivity contribution is 0.101. The molecule has 2 aromatic rings. The number of aliphatic hydroxyl groups excluding tert-OH is 1. The van der Waals surface area contributed by atoms with Crippen LogP contribution in [0.25, 0.3) is 0 Å². The Balaban J connectivity index is 1.44. The molecule has 1 unspecified atom stereocenters. The molecule has 2 aliphatic rings. The first-order valence-electron chi connectivity index (χ1n) is 9.00. The van der Waals surface area contributed by atoms with Crippen LogP contribution in [0.2, 0.25) is 0 Å². The summed E-state index contributed by atoms with van der Waals surface area (Å²) in [6, 6.07) is 8.69. The lowest BCUT2D eigenvalue weighted by Gasteiger charge is -2.35. The smallest absolute Gasteiger partial charge is 0.0917 e. The molecule has 4 rings (SSSR count). The van der Waals surface area contributed by atoms with Crippen LogP contribution in [0.3, 0.4) is 0 Å². The average Bonchev–Trinajstić information content (AvgIpc) is 2.95. The maximum absolute atomic E-state index is 10.6. The summed E-state index contributed by atoms with van der Waals surface area (Å²) in [6.07, 6.45) is 2.90. The van der Waals surface area contributed by atoms with Gasteiger partial charge in [-0.25, -0.2) is 4.68 Å². The molecule has 0 amide bonds. The van der Waals surface area contributed by atoms with Crippen molar-refractivity contribution in [2.45, 2.75) is 51.8 Å². The summed E-state index contributed by atoms with van der Waals surface area (Å²) in [7, 11) is 0. The molecule has 1 aromatic carbocycles. The summed E-state index contributed by atoms with van der Waals surface area (Å²) in [4.78, 5) is 2.33. The molecule has 1 aliphatic heterocycles. The van der Waals surface area contributed by atoms with E-state index in [1.54, 1.807) is 0 Å². The number of aromatic nitrogens is 3. The fourth-order valence-corrected chi connectivity index (χ4v) is 3.91. The molecule has 5 heteroatoms. The van der Waals surface area contributed by atoms with Crippen molar-refractivity contribution >= 4 is 0 Å². The van der Waals surface area contributed by atoms with Gasteiger partial charge in [-0.1, -0.05) is 42.0 Å². The van der Waals surface area contributed by atoms with Gasteiger partial charge in [-0.3, -0.25) is 4.90 Å². The topological polar surface area (TPSA) is 54.2 Å². The van der Waals surface area contributed by atoms with Gasteiger partial charge in [0, 0.05) is 26.1 Å². The van der Waals surface area contributed by atoms with Crippen LogP contribution >= 0.6 is 0 Å². The minimum atomic E-state index is -0.444. The molecule has 2 heterocycles. The molecule has 5 nitrogen and oxygen atoms in total. The standard InChI is InChI=1S/C19H26N4O/c1-13-3-5-15(6-4-13)19(24)12-22-8-7-17-18(11-22)23(21-20-17)16-9-14(2)10-16/h3-6,14,16,19,24H,7-12H2,1-2H3. The van der Waals surface area contributed by atoms with Gasteiger partial charge in [0.15, 0.2) is 0 Å². The van der Waals surface area contributed by atoms with Crippen LogP contribution in [0.15, 0.2) is 24.3 Å². The second-order valence-corrected chi connectivity index (χ2v) is 7.57. The van der Waals surface area contributed by atoms with Crippen molar-refractivity contribution in [1.29, 1.82) is 0 Å². The Morgan fingerprint density at radius 2 is 2.00 bits per heavy atom. The molecule has 24 heavy (non-hydrogen) atoms. The lowest BCUT2D eigenvalue weighted by Crippen LogP contribution is -2.36. The van der Waals surface area contributed by atoms with Gasteiger partial charge in [0.05, 0.1) is 23.5 Å². The average molecular weight is 326 g/mol. The summed E-state index contributed by atoms with van der Waals surface area (Å²) < 4.78 is 2.15. The minimum Gasteiger partial charge on any atom is -0.387 e. The van der Waals surface area contributed by atoms with Crippen LogP contribution in [0, 0.1) is 12.8 Å². The number of nitrogens with zero attached hydrogens (tertiary/aromatic N) is 4. The molecule has 0 saturated heterocycles. The van der Waals surface area contributed by atoms with Gasteiger partial charge in [-0.15, -0.1) is 5.10 Å². The highest BCUT2D eigenvalue weighted by Crippen LogP contribution is 2.38. The van der Waals surface area contributed by atoms with Gasteiger partial charge in [0.2, 0.25) is 0 Å². The Kier molecular flexibility index (Phi) is 4.14. The Hall–Kier alpha value is -1.72. The van der Waals surface area contributed by atoms with Crippen molar-refractivity contribution in [2.24, 2.45) is 5.92 Å². The second-order valence-electron chi connectivity index (χ2n) is 7.57. The van der Waals surface area contributed by atoms with Gasteiger partial charge in [0.25, 0.3) is 0 Å². The van der Waals surface area contributed by atoms with Crippen molar-refractivity contribution in [2.75, 3.05) is 13.1 Å². The van der Waals surface area contributed by atoms with Crippen LogP contribution in [0.4, 0.5) is 0 Å². The van der Waals surface area contributed by atoms with E-state index in [0.717, 1.165) is 36.7 Å². The zero-order valence-corrected chi connectivity index (χ0v) is 14.5. The number of β-amino-alcohol motifs (C(OH)–C–C–N with tert-alkyl or cyclic N) is 1. The summed E-state index contributed by atoms with van der Waals surface area (Å²) in [5, 5.41) is 19.4. The maximum Gasteiger partial charge on any atom is 0.0917 e. The van der Waals surface area contributed by atoms with E-state index in [9.17, 15) is 5.11 Å². The number of benzene rings is 1. The predicted molar refractivity (Wildman–Crippen MR) is 92.6 cm³/mol. The Labute approximate surface area is 143 Å². The third-order valence-electron chi connectivity index (χ3n) is 5.50. The van der Waals surface area contributed by atoms with Crippen molar-refractivity contribution < 1.29 is 5.11 Å². The molecule has 1 aromatic heterocycles. The first kappa shape index (κ1) is 15.8. The van der Waals surface area contributed by atoms with Crippen LogP contribution < -0.4 is 0 Å². The molecule has 1 atom stereocenters. The first-order valence-corrected chi connectivity index (χ1v) is 9.00. The largest absolute Gasteiger partial charge is 0.387 e. The quantitative estimate of drug-likeness (QED) is 0.938. The highest BCUT2D eigenvalue weighted by atomic mass is 16.3. The number of aryl methyl sites for hydroxylation is 1. The maximum atomic E-state index is 10.6. The lowest BCUT2D eigenvalue weighted by atomic mass is 9.82. The molecule has 1 saturated carbocycles. The summed E-state index contributed by atoms with van der Waals surface area (Å²) in [5.41, 5.74) is 4.62. The second kappa shape index (κ2) is 6.30. The van der Waals surface area contributed by atoms with Crippen molar-refractivity contribution in [3.8, 4) is 0 Å². The number of aliphatic hydroxyl groups is 1. The Morgan fingerprint density at radius 3 is 2.71 bits per heavy atom. The van der Waals surface area contributed by atoms with E-state index >= 15 is 0 Å². The van der Waals surface area contributed by atoms with E-state index in [0.29, 0.717) is 12.6 Å². The third kappa shape index (κ3) is 2.98. The van der Waals surface area contributed by atoms with Crippen LogP contribution in [-0.4, -0.2) is 38.1 Å². The molecule has 0 radical (unpaired) electrons. The van der Waals surface area contributed by atoms with E-state index in [-0.39, 0.29) is 0 Å². The van der Waals surface area contributed by atoms with Gasteiger partial charge in [0.1, 0.15) is 0 Å². The molecule has 128 valence electrons. The van der Waals surface area contributed by atoms with Crippen LogP contribution in [0.1, 0.15) is 54.4 Å².